The first-order valence-electron chi connectivity index (χ1n) is 6.47. The average molecular weight is 356 g/mol. The maximum absolute atomic E-state index is 5.58. The van der Waals surface area contributed by atoms with Crippen LogP contribution in [0, 0.1) is 0 Å². The average Bonchev–Trinajstić information content (AvgIpc) is 2.85. The second-order valence-electron chi connectivity index (χ2n) is 4.18. The summed E-state index contributed by atoms with van der Waals surface area (Å²) < 4.78 is 12.2. The zero-order valence-electron chi connectivity index (χ0n) is 11.6. The van der Waals surface area contributed by atoms with Crippen molar-refractivity contribution in [1.29, 1.82) is 0 Å². The smallest absolute Gasteiger partial charge is 0.165 e. The van der Waals surface area contributed by atoms with Crippen molar-refractivity contribution in [3.05, 3.63) is 44.6 Å². The van der Waals surface area contributed by atoms with E-state index in [0.29, 0.717) is 6.61 Å². The second-order valence-corrected chi connectivity index (χ2v) is 6.03. The molecule has 0 saturated heterocycles. The van der Waals surface area contributed by atoms with E-state index in [9.17, 15) is 0 Å². The van der Waals surface area contributed by atoms with Gasteiger partial charge in [-0.1, -0.05) is 12.1 Å². The second kappa shape index (κ2) is 7.67. The third-order valence-corrected chi connectivity index (χ3v) is 4.78. The van der Waals surface area contributed by atoms with E-state index in [4.69, 9.17) is 9.47 Å². The largest absolute Gasteiger partial charge is 0.493 e. The van der Waals surface area contributed by atoms with Gasteiger partial charge in [-0.05, 0) is 40.4 Å². The molecule has 2 rings (SSSR count). The number of para-hydroxylation sites is 1. The van der Waals surface area contributed by atoms with Crippen molar-refractivity contribution in [2.45, 2.75) is 20.0 Å². The quantitative estimate of drug-likeness (QED) is 0.806. The summed E-state index contributed by atoms with van der Waals surface area (Å²) in [6.45, 7) is 4.18. The molecule has 1 aromatic carbocycles. The first-order valence-corrected chi connectivity index (χ1v) is 8.14. The van der Waals surface area contributed by atoms with Crippen molar-refractivity contribution in [2.75, 3.05) is 13.7 Å². The van der Waals surface area contributed by atoms with Crippen LogP contribution in [0.1, 0.15) is 17.4 Å². The molecular weight excluding hydrogens is 338 g/mol. The number of hydrogen-bond acceptors (Lipinski definition) is 4. The minimum absolute atomic E-state index is 0.634. The van der Waals surface area contributed by atoms with Crippen molar-refractivity contribution >= 4 is 27.3 Å². The number of methoxy groups -OCH3 is 1. The topological polar surface area (TPSA) is 30.5 Å². The van der Waals surface area contributed by atoms with Gasteiger partial charge in [-0.3, -0.25) is 0 Å². The highest BCUT2D eigenvalue weighted by molar-refractivity contribution is 9.10. The van der Waals surface area contributed by atoms with Gasteiger partial charge in [0.2, 0.25) is 0 Å². The van der Waals surface area contributed by atoms with Crippen LogP contribution >= 0.6 is 27.3 Å². The van der Waals surface area contributed by atoms with E-state index in [1.165, 1.54) is 4.88 Å². The summed E-state index contributed by atoms with van der Waals surface area (Å²) in [6.07, 6.45) is 0. The minimum atomic E-state index is 0.634. The van der Waals surface area contributed by atoms with Crippen molar-refractivity contribution in [3.63, 3.8) is 0 Å². The molecule has 108 valence electrons. The van der Waals surface area contributed by atoms with Gasteiger partial charge in [-0.15, -0.1) is 11.3 Å². The normalized spacial score (nSPS) is 10.6. The molecule has 0 spiro atoms. The van der Waals surface area contributed by atoms with Gasteiger partial charge in [0.1, 0.15) is 0 Å². The lowest BCUT2D eigenvalue weighted by molar-refractivity contribution is 0.308. The highest BCUT2D eigenvalue weighted by Gasteiger charge is 2.09. The Labute approximate surface area is 132 Å². The molecule has 5 heteroatoms. The highest BCUT2D eigenvalue weighted by Crippen LogP contribution is 2.31. The Balaban J connectivity index is 2.02. The summed E-state index contributed by atoms with van der Waals surface area (Å²) in [5, 5.41) is 5.51. The fourth-order valence-corrected chi connectivity index (χ4v) is 3.43. The number of halogens is 1. The van der Waals surface area contributed by atoms with Crippen LogP contribution in [-0.2, 0) is 13.1 Å². The van der Waals surface area contributed by atoms with Crippen LogP contribution in [0.3, 0.4) is 0 Å². The van der Waals surface area contributed by atoms with Crippen molar-refractivity contribution < 1.29 is 9.47 Å². The Morgan fingerprint density at radius 2 is 2.10 bits per heavy atom. The first kappa shape index (κ1) is 15.4. The van der Waals surface area contributed by atoms with Crippen LogP contribution in [0.5, 0.6) is 11.5 Å². The van der Waals surface area contributed by atoms with E-state index in [1.807, 2.05) is 19.1 Å². The number of ether oxygens (including phenoxy) is 2. The SMILES string of the molecule is CCOc1cccc(CNCc2sccc2Br)c1OC. The van der Waals surface area contributed by atoms with Crippen LogP contribution in [-0.4, -0.2) is 13.7 Å². The molecule has 0 radical (unpaired) electrons. The zero-order valence-corrected chi connectivity index (χ0v) is 14.0. The lowest BCUT2D eigenvalue weighted by Gasteiger charge is -2.14. The Morgan fingerprint density at radius 3 is 2.75 bits per heavy atom. The van der Waals surface area contributed by atoms with Crippen LogP contribution < -0.4 is 14.8 Å². The van der Waals surface area contributed by atoms with E-state index in [2.05, 4.69) is 38.8 Å². The van der Waals surface area contributed by atoms with Crippen LogP contribution in [0.4, 0.5) is 0 Å². The van der Waals surface area contributed by atoms with E-state index < -0.39 is 0 Å². The molecule has 1 N–H and O–H groups in total. The molecule has 0 amide bonds. The third-order valence-electron chi connectivity index (χ3n) is 2.86. The maximum Gasteiger partial charge on any atom is 0.165 e. The summed E-state index contributed by atoms with van der Waals surface area (Å²) in [5.74, 6) is 1.61. The lowest BCUT2D eigenvalue weighted by Crippen LogP contribution is -2.13. The van der Waals surface area contributed by atoms with Crippen LogP contribution in [0.2, 0.25) is 0 Å². The molecule has 2 aromatic rings. The summed E-state index contributed by atoms with van der Waals surface area (Å²) in [7, 11) is 1.68. The number of benzene rings is 1. The maximum atomic E-state index is 5.58. The van der Waals surface area contributed by atoms with Gasteiger partial charge >= 0.3 is 0 Å². The summed E-state index contributed by atoms with van der Waals surface area (Å²) in [5.41, 5.74) is 1.10. The molecule has 0 aliphatic heterocycles. The molecule has 20 heavy (non-hydrogen) atoms. The van der Waals surface area contributed by atoms with Crippen molar-refractivity contribution in [2.24, 2.45) is 0 Å². The van der Waals surface area contributed by atoms with Crippen molar-refractivity contribution in [3.8, 4) is 11.5 Å². The van der Waals surface area contributed by atoms with E-state index >= 15 is 0 Å². The molecule has 0 bridgehead atoms. The lowest BCUT2D eigenvalue weighted by atomic mass is 10.2. The molecule has 1 heterocycles. The van der Waals surface area contributed by atoms with Gasteiger partial charge in [-0.25, -0.2) is 0 Å². The van der Waals surface area contributed by atoms with E-state index in [0.717, 1.165) is 34.6 Å². The number of nitrogens with one attached hydrogen (secondary N) is 1. The molecule has 0 aliphatic rings. The Bertz CT molecular complexity index is 557. The number of thiophene rings is 1. The molecule has 0 fully saturated rings. The molecule has 0 aliphatic carbocycles. The minimum Gasteiger partial charge on any atom is -0.493 e. The molecule has 0 unspecified atom stereocenters. The predicted octanol–water partition coefficient (Wildman–Crippen LogP) is 4.21. The summed E-state index contributed by atoms with van der Waals surface area (Å²) >= 11 is 5.28. The predicted molar refractivity (Wildman–Crippen MR) is 86.7 cm³/mol. The van der Waals surface area contributed by atoms with E-state index in [1.54, 1.807) is 18.4 Å². The molecule has 0 saturated carbocycles. The monoisotopic (exact) mass is 355 g/mol. The van der Waals surface area contributed by atoms with Crippen LogP contribution in [0.25, 0.3) is 0 Å². The zero-order chi connectivity index (χ0) is 14.4. The molecule has 3 nitrogen and oxygen atoms in total. The van der Waals surface area contributed by atoms with E-state index in [-0.39, 0.29) is 0 Å². The molecule has 1 aromatic heterocycles. The van der Waals surface area contributed by atoms with Gasteiger partial charge in [0.15, 0.2) is 11.5 Å². The van der Waals surface area contributed by atoms with Crippen molar-refractivity contribution in [1.82, 2.24) is 5.32 Å². The fraction of sp³-hybridized carbons (Fsp3) is 0.333. The highest BCUT2D eigenvalue weighted by atomic mass is 79.9. The van der Waals surface area contributed by atoms with Crippen LogP contribution in [0.15, 0.2) is 34.1 Å². The number of hydrogen-bond donors (Lipinski definition) is 1. The van der Waals surface area contributed by atoms with Gasteiger partial charge in [0.05, 0.1) is 13.7 Å². The molecule has 0 atom stereocenters. The third kappa shape index (κ3) is 3.75. The first-order chi connectivity index (χ1) is 9.76. The number of rotatable bonds is 7. The van der Waals surface area contributed by atoms with Gasteiger partial charge in [0, 0.05) is 28.0 Å². The summed E-state index contributed by atoms with van der Waals surface area (Å²) in [6, 6.07) is 8.04. The standard InChI is InChI=1S/C15H18BrNO2S/c1-3-19-13-6-4-5-11(15(13)18-2)9-17-10-14-12(16)7-8-20-14/h4-8,17H,3,9-10H2,1-2H3. The van der Waals surface area contributed by atoms with Gasteiger partial charge in [-0.2, -0.15) is 0 Å². The molecular formula is C15H18BrNO2S. The fourth-order valence-electron chi connectivity index (χ4n) is 1.96. The Kier molecular flexibility index (Phi) is 5.88. The Hall–Kier alpha value is -1.04. The van der Waals surface area contributed by atoms with Gasteiger partial charge < -0.3 is 14.8 Å². The van der Waals surface area contributed by atoms with Gasteiger partial charge in [0.25, 0.3) is 0 Å². The summed E-state index contributed by atoms with van der Waals surface area (Å²) in [4.78, 5) is 1.30. The Morgan fingerprint density at radius 1 is 1.25 bits per heavy atom.